The molecule has 0 spiro atoms. The van der Waals surface area contributed by atoms with Crippen molar-refractivity contribution in [3.8, 4) is 5.75 Å². The zero-order valence-electron chi connectivity index (χ0n) is 12.5. The Morgan fingerprint density at radius 1 is 1.29 bits per heavy atom. The van der Waals surface area contributed by atoms with Gasteiger partial charge in [0.05, 0.1) is 11.7 Å². The molecular formula is C16H23N3O2. The second-order valence-electron chi connectivity index (χ2n) is 5.67. The standard InChI is InChI=1S/C16H23N3O2/c1-12(19-8-2-5-17-6-9-19)16(20)13-3-4-15-14(11-13)18-7-10-21-15/h3-4,11-12,17-18H,2,5-10H2,1H3. The number of fused-ring (bicyclic) bond motifs is 1. The van der Waals surface area contributed by atoms with Gasteiger partial charge in [0.1, 0.15) is 12.4 Å². The average Bonchev–Trinajstić information content (AvgIpc) is 2.82. The van der Waals surface area contributed by atoms with Crippen LogP contribution >= 0.6 is 0 Å². The third-order valence-corrected chi connectivity index (χ3v) is 4.24. The molecule has 0 aromatic heterocycles. The summed E-state index contributed by atoms with van der Waals surface area (Å²) < 4.78 is 5.56. The number of hydrogen-bond donors (Lipinski definition) is 2. The van der Waals surface area contributed by atoms with Crippen molar-refractivity contribution in [2.24, 2.45) is 0 Å². The zero-order valence-corrected chi connectivity index (χ0v) is 12.5. The fourth-order valence-corrected chi connectivity index (χ4v) is 2.95. The van der Waals surface area contributed by atoms with Crippen LogP contribution in [0.15, 0.2) is 18.2 Å². The highest BCUT2D eigenvalue weighted by Gasteiger charge is 2.24. The highest BCUT2D eigenvalue weighted by atomic mass is 16.5. The lowest BCUT2D eigenvalue weighted by atomic mass is 10.0. The van der Waals surface area contributed by atoms with Gasteiger partial charge in [-0.2, -0.15) is 0 Å². The molecule has 0 saturated carbocycles. The van der Waals surface area contributed by atoms with E-state index in [0.717, 1.165) is 56.1 Å². The van der Waals surface area contributed by atoms with Gasteiger partial charge in [0.25, 0.3) is 0 Å². The van der Waals surface area contributed by atoms with Crippen molar-refractivity contribution in [2.75, 3.05) is 44.6 Å². The quantitative estimate of drug-likeness (QED) is 0.823. The Balaban J connectivity index is 1.74. The summed E-state index contributed by atoms with van der Waals surface area (Å²) in [5.74, 6) is 1.02. The van der Waals surface area contributed by atoms with Crippen LogP contribution in [0, 0.1) is 0 Å². The second-order valence-corrected chi connectivity index (χ2v) is 5.67. The van der Waals surface area contributed by atoms with Crippen molar-refractivity contribution in [3.05, 3.63) is 23.8 Å². The average molecular weight is 289 g/mol. The topological polar surface area (TPSA) is 53.6 Å². The molecule has 1 saturated heterocycles. The number of anilines is 1. The van der Waals surface area contributed by atoms with Crippen LogP contribution in [0.5, 0.6) is 5.75 Å². The summed E-state index contributed by atoms with van der Waals surface area (Å²) >= 11 is 0. The van der Waals surface area contributed by atoms with Gasteiger partial charge < -0.3 is 15.4 Å². The Labute approximate surface area is 125 Å². The summed E-state index contributed by atoms with van der Waals surface area (Å²) in [5, 5.41) is 6.66. The molecule has 1 unspecified atom stereocenters. The van der Waals surface area contributed by atoms with Crippen molar-refractivity contribution in [1.82, 2.24) is 10.2 Å². The molecule has 3 rings (SSSR count). The number of rotatable bonds is 3. The lowest BCUT2D eigenvalue weighted by molar-refractivity contribution is 0.0846. The first-order valence-corrected chi connectivity index (χ1v) is 7.75. The molecule has 2 aliphatic heterocycles. The summed E-state index contributed by atoms with van der Waals surface area (Å²) in [6, 6.07) is 5.61. The predicted octanol–water partition coefficient (Wildman–Crippen LogP) is 1.36. The van der Waals surface area contributed by atoms with E-state index in [4.69, 9.17) is 4.74 Å². The maximum atomic E-state index is 12.7. The smallest absolute Gasteiger partial charge is 0.179 e. The van der Waals surface area contributed by atoms with E-state index in [0.29, 0.717) is 6.61 Å². The predicted molar refractivity (Wildman–Crippen MR) is 83.3 cm³/mol. The maximum Gasteiger partial charge on any atom is 0.179 e. The molecule has 5 heteroatoms. The summed E-state index contributed by atoms with van der Waals surface area (Å²) in [5.41, 5.74) is 1.69. The molecule has 0 amide bonds. The lowest BCUT2D eigenvalue weighted by Gasteiger charge is -2.26. The zero-order chi connectivity index (χ0) is 14.7. The Kier molecular flexibility index (Phi) is 4.41. The number of Topliss-reactive ketones (excluding diaryl/α,β-unsaturated/α-hetero) is 1. The van der Waals surface area contributed by atoms with Crippen molar-refractivity contribution >= 4 is 11.5 Å². The maximum absolute atomic E-state index is 12.7. The minimum atomic E-state index is -0.0764. The molecule has 1 atom stereocenters. The van der Waals surface area contributed by atoms with Crippen LogP contribution in [0.2, 0.25) is 0 Å². The number of hydrogen-bond acceptors (Lipinski definition) is 5. The van der Waals surface area contributed by atoms with Crippen molar-refractivity contribution in [1.29, 1.82) is 0 Å². The van der Waals surface area contributed by atoms with E-state index in [1.54, 1.807) is 0 Å². The van der Waals surface area contributed by atoms with Gasteiger partial charge in [0.2, 0.25) is 0 Å². The van der Waals surface area contributed by atoms with Crippen LogP contribution in [-0.4, -0.2) is 56.1 Å². The van der Waals surface area contributed by atoms with Gasteiger partial charge in [-0.15, -0.1) is 0 Å². The van der Waals surface area contributed by atoms with Crippen LogP contribution in [0.4, 0.5) is 5.69 Å². The van der Waals surface area contributed by atoms with Gasteiger partial charge in [-0.1, -0.05) is 0 Å². The molecule has 2 heterocycles. The van der Waals surface area contributed by atoms with E-state index >= 15 is 0 Å². The first-order valence-electron chi connectivity index (χ1n) is 7.75. The Bertz CT molecular complexity index is 510. The summed E-state index contributed by atoms with van der Waals surface area (Å²) in [4.78, 5) is 15.0. The van der Waals surface area contributed by atoms with Crippen LogP contribution in [0.1, 0.15) is 23.7 Å². The Morgan fingerprint density at radius 2 is 2.19 bits per heavy atom. The number of nitrogens with zero attached hydrogens (tertiary/aromatic N) is 1. The fraction of sp³-hybridized carbons (Fsp3) is 0.562. The van der Waals surface area contributed by atoms with Gasteiger partial charge in [0.15, 0.2) is 5.78 Å². The molecule has 2 N–H and O–H groups in total. The van der Waals surface area contributed by atoms with Crippen molar-refractivity contribution in [2.45, 2.75) is 19.4 Å². The van der Waals surface area contributed by atoms with E-state index in [1.165, 1.54) is 0 Å². The molecule has 0 radical (unpaired) electrons. The summed E-state index contributed by atoms with van der Waals surface area (Å²) in [6.45, 7) is 7.38. The largest absolute Gasteiger partial charge is 0.490 e. The highest BCUT2D eigenvalue weighted by molar-refractivity contribution is 6.01. The van der Waals surface area contributed by atoms with Crippen molar-refractivity contribution < 1.29 is 9.53 Å². The highest BCUT2D eigenvalue weighted by Crippen LogP contribution is 2.28. The molecule has 1 fully saturated rings. The first-order chi connectivity index (χ1) is 10.3. The van der Waals surface area contributed by atoms with Crippen molar-refractivity contribution in [3.63, 3.8) is 0 Å². The number of benzene rings is 1. The molecule has 114 valence electrons. The van der Waals surface area contributed by atoms with Crippen LogP contribution in [0.25, 0.3) is 0 Å². The van der Waals surface area contributed by atoms with Gasteiger partial charge >= 0.3 is 0 Å². The molecule has 5 nitrogen and oxygen atoms in total. The number of ketones is 1. The van der Waals surface area contributed by atoms with Crippen LogP contribution in [0.3, 0.4) is 0 Å². The number of nitrogens with one attached hydrogen (secondary N) is 2. The van der Waals surface area contributed by atoms with Crippen LogP contribution < -0.4 is 15.4 Å². The normalized spacial score (nSPS) is 20.6. The molecule has 1 aromatic carbocycles. The molecular weight excluding hydrogens is 266 g/mol. The number of carbonyl (C=O) groups is 1. The number of carbonyl (C=O) groups excluding carboxylic acids is 1. The Morgan fingerprint density at radius 3 is 3.10 bits per heavy atom. The molecule has 2 aliphatic rings. The van der Waals surface area contributed by atoms with E-state index in [1.807, 2.05) is 25.1 Å². The minimum absolute atomic E-state index is 0.0764. The third kappa shape index (κ3) is 3.19. The van der Waals surface area contributed by atoms with E-state index in [-0.39, 0.29) is 11.8 Å². The summed E-state index contributed by atoms with van der Waals surface area (Å²) in [6.07, 6.45) is 1.09. The molecule has 0 bridgehead atoms. The monoisotopic (exact) mass is 289 g/mol. The Hall–Kier alpha value is -1.59. The second kappa shape index (κ2) is 6.45. The first kappa shape index (κ1) is 14.4. The van der Waals surface area contributed by atoms with E-state index < -0.39 is 0 Å². The molecule has 1 aromatic rings. The molecule has 21 heavy (non-hydrogen) atoms. The van der Waals surface area contributed by atoms with E-state index in [2.05, 4.69) is 15.5 Å². The SMILES string of the molecule is CC(C(=O)c1ccc2c(c1)NCCO2)N1CCCNCC1. The number of ether oxygens (including phenoxy) is 1. The van der Waals surface area contributed by atoms with Gasteiger partial charge in [0, 0.05) is 31.7 Å². The third-order valence-electron chi connectivity index (χ3n) is 4.24. The lowest BCUT2D eigenvalue weighted by Crippen LogP contribution is -2.41. The molecule has 0 aliphatic carbocycles. The van der Waals surface area contributed by atoms with Crippen LogP contribution in [-0.2, 0) is 0 Å². The van der Waals surface area contributed by atoms with E-state index in [9.17, 15) is 4.79 Å². The minimum Gasteiger partial charge on any atom is -0.490 e. The van der Waals surface area contributed by atoms with Gasteiger partial charge in [-0.25, -0.2) is 0 Å². The van der Waals surface area contributed by atoms with Gasteiger partial charge in [-0.05, 0) is 38.1 Å². The van der Waals surface area contributed by atoms with Gasteiger partial charge in [-0.3, -0.25) is 9.69 Å². The fourth-order valence-electron chi connectivity index (χ4n) is 2.95. The summed E-state index contributed by atoms with van der Waals surface area (Å²) in [7, 11) is 0.